The fourth-order valence-electron chi connectivity index (χ4n) is 1.44. The molecule has 0 atom stereocenters. The predicted molar refractivity (Wildman–Crippen MR) is 70.8 cm³/mol. The Balaban J connectivity index is 2.30. The summed E-state index contributed by atoms with van der Waals surface area (Å²) >= 11 is 8.32. The molecule has 1 aromatic carbocycles. The van der Waals surface area contributed by atoms with E-state index in [1.165, 1.54) is 5.56 Å². The first-order valence-electron chi connectivity index (χ1n) is 4.73. The molecule has 0 spiro atoms. The van der Waals surface area contributed by atoms with E-state index in [1.54, 1.807) is 6.20 Å². The molecular weight excluding hydrogens is 286 g/mol. The summed E-state index contributed by atoms with van der Waals surface area (Å²) in [5, 5.41) is 0. The maximum absolute atomic E-state index is 5.83. The molecule has 0 aliphatic carbocycles. The number of benzene rings is 1. The van der Waals surface area contributed by atoms with Gasteiger partial charge in [0.1, 0.15) is 5.82 Å². The number of aromatic nitrogens is 2. The van der Waals surface area contributed by atoms with Crippen LogP contribution in [0, 0.1) is 4.77 Å². The molecule has 1 heterocycles. The predicted octanol–water partition coefficient (Wildman–Crippen LogP) is 3.07. The van der Waals surface area contributed by atoms with Crippen molar-refractivity contribution in [1.82, 2.24) is 9.97 Å². The maximum atomic E-state index is 5.83. The van der Waals surface area contributed by atoms with Gasteiger partial charge >= 0.3 is 0 Å². The normalized spacial score (nSPS) is 10.3. The molecule has 1 aromatic heterocycles. The van der Waals surface area contributed by atoms with Crippen LogP contribution >= 0.6 is 28.1 Å². The zero-order valence-electron chi connectivity index (χ0n) is 8.40. The highest BCUT2D eigenvalue weighted by molar-refractivity contribution is 9.10. The lowest BCUT2D eigenvalue weighted by Crippen LogP contribution is -2.00. The Labute approximate surface area is 107 Å². The smallest absolute Gasteiger partial charge is 0.198 e. The van der Waals surface area contributed by atoms with Gasteiger partial charge in [-0.2, -0.15) is 0 Å². The minimum Gasteiger partial charge on any atom is -0.385 e. The molecule has 5 heteroatoms. The van der Waals surface area contributed by atoms with E-state index >= 15 is 0 Å². The molecule has 2 rings (SSSR count). The van der Waals surface area contributed by atoms with Crippen molar-refractivity contribution in [3.63, 3.8) is 0 Å². The van der Waals surface area contributed by atoms with Crippen LogP contribution in [-0.4, -0.2) is 9.97 Å². The molecular formula is C11H10BrN3S. The van der Waals surface area contributed by atoms with Gasteiger partial charge in [0.05, 0.1) is 0 Å². The molecule has 3 nitrogen and oxygen atoms in total. The first-order chi connectivity index (χ1) is 7.65. The molecule has 2 aromatic rings. The van der Waals surface area contributed by atoms with E-state index < -0.39 is 0 Å². The summed E-state index contributed by atoms with van der Waals surface area (Å²) in [7, 11) is 0. The van der Waals surface area contributed by atoms with E-state index in [-0.39, 0.29) is 0 Å². The van der Waals surface area contributed by atoms with Crippen molar-refractivity contribution in [3.8, 4) is 0 Å². The third-order valence-corrected chi connectivity index (χ3v) is 2.91. The van der Waals surface area contributed by atoms with Crippen LogP contribution in [0.4, 0.5) is 5.82 Å². The maximum Gasteiger partial charge on any atom is 0.198 e. The molecule has 0 bridgehead atoms. The van der Waals surface area contributed by atoms with Gasteiger partial charge in [-0.3, -0.25) is 0 Å². The van der Waals surface area contributed by atoms with E-state index in [2.05, 4.69) is 32.0 Å². The summed E-state index contributed by atoms with van der Waals surface area (Å²) in [6.45, 7) is 0. The van der Waals surface area contributed by atoms with Crippen LogP contribution in [0.15, 0.2) is 34.9 Å². The summed E-state index contributed by atoms with van der Waals surface area (Å²) in [5.41, 5.74) is 7.96. The number of anilines is 1. The van der Waals surface area contributed by atoms with Crippen LogP contribution in [-0.2, 0) is 6.42 Å². The van der Waals surface area contributed by atoms with Gasteiger partial charge in [0, 0.05) is 22.7 Å². The lowest BCUT2D eigenvalue weighted by atomic mass is 10.1. The monoisotopic (exact) mass is 295 g/mol. The van der Waals surface area contributed by atoms with Crippen molar-refractivity contribution in [1.29, 1.82) is 0 Å². The molecule has 0 amide bonds. The number of rotatable bonds is 2. The number of nitrogen functional groups attached to an aromatic ring is 1. The minimum absolute atomic E-state index is 0.412. The number of aromatic amines is 1. The van der Waals surface area contributed by atoms with Crippen molar-refractivity contribution >= 4 is 34.0 Å². The number of halogens is 1. The number of H-pyrrole nitrogens is 1. The highest BCUT2D eigenvalue weighted by Crippen LogP contribution is 2.17. The van der Waals surface area contributed by atoms with E-state index in [1.807, 2.05) is 18.2 Å². The molecule has 0 aliphatic rings. The second-order valence-electron chi connectivity index (χ2n) is 3.43. The Morgan fingerprint density at radius 3 is 2.94 bits per heavy atom. The second-order valence-corrected chi connectivity index (χ2v) is 4.74. The van der Waals surface area contributed by atoms with Gasteiger partial charge in [-0.05, 0) is 29.9 Å². The zero-order chi connectivity index (χ0) is 11.5. The Morgan fingerprint density at radius 1 is 1.44 bits per heavy atom. The highest BCUT2D eigenvalue weighted by atomic mass is 79.9. The van der Waals surface area contributed by atoms with Crippen LogP contribution in [0.25, 0.3) is 0 Å². The number of nitrogens with two attached hydrogens (primary N) is 1. The lowest BCUT2D eigenvalue weighted by Gasteiger charge is -2.05. The van der Waals surface area contributed by atoms with E-state index in [4.69, 9.17) is 18.0 Å². The largest absolute Gasteiger partial charge is 0.385 e. The third-order valence-electron chi connectivity index (χ3n) is 2.21. The van der Waals surface area contributed by atoms with Crippen LogP contribution in [0.5, 0.6) is 0 Å². The van der Waals surface area contributed by atoms with Gasteiger partial charge < -0.3 is 10.7 Å². The van der Waals surface area contributed by atoms with E-state index in [9.17, 15) is 0 Å². The molecule has 16 heavy (non-hydrogen) atoms. The Morgan fingerprint density at radius 2 is 2.25 bits per heavy atom. The van der Waals surface area contributed by atoms with E-state index in [0.29, 0.717) is 10.6 Å². The molecule has 0 fully saturated rings. The van der Waals surface area contributed by atoms with E-state index in [0.717, 1.165) is 16.5 Å². The highest BCUT2D eigenvalue weighted by Gasteiger charge is 2.02. The third kappa shape index (κ3) is 2.68. The summed E-state index contributed by atoms with van der Waals surface area (Å²) in [6.07, 6.45) is 2.46. The van der Waals surface area contributed by atoms with Crippen molar-refractivity contribution in [2.75, 3.05) is 5.73 Å². The van der Waals surface area contributed by atoms with Gasteiger partial charge in [0.15, 0.2) is 4.77 Å². The zero-order valence-corrected chi connectivity index (χ0v) is 10.8. The lowest BCUT2D eigenvalue weighted by molar-refractivity contribution is 1.06. The summed E-state index contributed by atoms with van der Waals surface area (Å²) in [4.78, 5) is 6.87. The quantitative estimate of drug-likeness (QED) is 0.837. The van der Waals surface area contributed by atoms with Gasteiger partial charge in [-0.25, -0.2) is 4.98 Å². The SMILES string of the molecule is Nc1[nH]c(=S)ncc1Cc1cccc(Br)c1. The number of nitrogens with zero attached hydrogens (tertiary/aromatic N) is 1. The first-order valence-corrected chi connectivity index (χ1v) is 5.93. The molecule has 0 saturated carbocycles. The number of nitrogens with one attached hydrogen (secondary N) is 1. The second kappa shape index (κ2) is 4.76. The van der Waals surface area contributed by atoms with Gasteiger partial charge in [-0.1, -0.05) is 28.1 Å². The average molecular weight is 296 g/mol. The van der Waals surface area contributed by atoms with Crippen molar-refractivity contribution < 1.29 is 0 Å². The molecule has 3 N–H and O–H groups in total. The Hall–Kier alpha value is -1.20. The fourth-order valence-corrected chi connectivity index (χ4v) is 2.05. The molecule has 0 aliphatic heterocycles. The van der Waals surface area contributed by atoms with Crippen molar-refractivity contribution in [2.45, 2.75) is 6.42 Å². The molecule has 0 unspecified atom stereocenters. The summed E-state index contributed by atoms with van der Waals surface area (Å²) < 4.78 is 1.47. The first kappa shape index (κ1) is 11.3. The fraction of sp³-hybridized carbons (Fsp3) is 0.0909. The average Bonchev–Trinajstić information content (AvgIpc) is 2.22. The van der Waals surface area contributed by atoms with Gasteiger partial charge in [0.25, 0.3) is 0 Å². The topological polar surface area (TPSA) is 54.7 Å². The van der Waals surface area contributed by atoms with Crippen molar-refractivity contribution in [2.24, 2.45) is 0 Å². The molecule has 0 radical (unpaired) electrons. The standard InChI is InChI=1S/C11H10BrN3S/c12-9-3-1-2-7(5-9)4-8-6-14-11(16)15-10(8)13/h1-3,5-6H,4H2,(H3,13,14,15,16). The Bertz CT molecular complexity index is 565. The van der Waals surface area contributed by atoms with Crippen LogP contribution in [0.2, 0.25) is 0 Å². The van der Waals surface area contributed by atoms with Crippen LogP contribution in [0.1, 0.15) is 11.1 Å². The molecule has 82 valence electrons. The number of hydrogen-bond acceptors (Lipinski definition) is 3. The van der Waals surface area contributed by atoms with Crippen molar-refractivity contribution in [3.05, 3.63) is 50.8 Å². The minimum atomic E-state index is 0.412. The summed E-state index contributed by atoms with van der Waals surface area (Å²) in [5.74, 6) is 0.583. The van der Waals surface area contributed by atoms with Gasteiger partial charge in [0.2, 0.25) is 0 Å². The van der Waals surface area contributed by atoms with Gasteiger partial charge in [-0.15, -0.1) is 0 Å². The number of hydrogen-bond donors (Lipinski definition) is 2. The van der Waals surface area contributed by atoms with Crippen LogP contribution < -0.4 is 5.73 Å². The molecule has 0 saturated heterocycles. The van der Waals surface area contributed by atoms with Crippen LogP contribution in [0.3, 0.4) is 0 Å². The Kier molecular flexibility index (Phi) is 3.36. The summed E-state index contributed by atoms with van der Waals surface area (Å²) in [6, 6.07) is 8.09.